The van der Waals surface area contributed by atoms with Gasteiger partial charge in [-0.25, -0.2) is 0 Å². The highest BCUT2D eigenvalue weighted by Crippen LogP contribution is 2.59. The molecule has 3 nitrogen and oxygen atoms in total. The van der Waals surface area contributed by atoms with Gasteiger partial charge in [-0.05, 0) is 54.6 Å². The van der Waals surface area contributed by atoms with Crippen LogP contribution in [0.25, 0.3) is 0 Å². The lowest BCUT2D eigenvalue weighted by Gasteiger charge is -2.34. The Kier molecular flexibility index (Phi) is 7.31. The van der Waals surface area contributed by atoms with Crippen LogP contribution in [0.5, 0.6) is 17.2 Å². The third-order valence-electron chi connectivity index (χ3n) is 4.42. The van der Waals surface area contributed by atoms with E-state index in [4.69, 9.17) is 107 Å². The summed E-state index contributed by atoms with van der Waals surface area (Å²) in [5, 5.41) is 1.49. The van der Waals surface area contributed by atoms with Gasteiger partial charge in [-0.1, -0.05) is 81.2 Å². The molecule has 0 saturated heterocycles. The zero-order chi connectivity index (χ0) is 23.3. The maximum Gasteiger partial charge on any atom is 0.490 e. The summed E-state index contributed by atoms with van der Waals surface area (Å²) in [5.74, 6) is -0.0313. The standard InChI is InChI=1S/C20H10Cl7O3PS/c21-10-1-4-16-13(7-10)19(20(25,26)27)14-8-11(22)2-5-17(14)29-31(32,28-16)30-18-6-3-12(23)9-15(18)24/h1-9,19H. The van der Waals surface area contributed by atoms with Gasteiger partial charge in [0.15, 0.2) is 0 Å². The second-order valence-corrected chi connectivity index (χ2v) is 13.5. The molecule has 1 heterocycles. The normalized spacial score (nSPS) is 20.2. The van der Waals surface area contributed by atoms with E-state index < -0.39 is 16.4 Å². The van der Waals surface area contributed by atoms with Crippen molar-refractivity contribution in [3.8, 4) is 17.2 Å². The minimum atomic E-state index is -3.53. The molecule has 0 unspecified atom stereocenters. The van der Waals surface area contributed by atoms with Crippen LogP contribution in [0, 0.1) is 0 Å². The Hall–Kier alpha value is -0.260. The van der Waals surface area contributed by atoms with Crippen molar-refractivity contribution in [1.29, 1.82) is 0 Å². The lowest BCUT2D eigenvalue weighted by atomic mass is 9.91. The molecule has 0 spiro atoms. The fraction of sp³-hybridized carbons (Fsp3) is 0.100. The molecule has 0 bridgehead atoms. The Morgan fingerprint density at radius 3 is 1.69 bits per heavy atom. The first-order valence-electron chi connectivity index (χ1n) is 8.75. The Bertz CT molecular complexity index is 1190. The van der Waals surface area contributed by atoms with E-state index in [0.717, 1.165) is 0 Å². The molecule has 0 radical (unpaired) electrons. The van der Waals surface area contributed by atoms with Crippen LogP contribution in [0.3, 0.4) is 0 Å². The van der Waals surface area contributed by atoms with Gasteiger partial charge in [0.2, 0.25) is 3.79 Å². The molecule has 0 saturated carbocycles. The smallest absolute Gasteiger partial charge is 0.407 e. The third-order valence-corrected chi connectivity index (χ3v) is 8.00. The van der Waals surface area contributed by atoms with E-state index in [9.17, 15) is 0 Å². The van der Waals surface area contributed by atoms with E-state index in [1.165, 1.54) is 6.07 Å². The maximum absolute atomic E-state index is 6.39. The fourth-order valence-electron chi connectivity index (χ4n) is 3.14. The van der Waals surface area contributed by atoms with Gasteiger partial charge >= 0.3 is 6.72 Å². The molecule has 0 amide bonds. The van der Waals surface area contributed by atoms with E-state index in [0.29, 0.717) is 26.2 Å². The Balaban J connectivity index is 1.92. The van der Waals surface area contributed by atoms with Crippen LogP contribution >= 0.6 is 87.9 Å². The number of fused-ring (bicyclic) bond motifs is 2. The number of alkyl halides is 3. The average molecular weight is 610 g/mol. The SMILES string of the molecule is S=P1(Oc2ccc(Cl)cc2Cl)Oc2ccc(Cl)cc2C(C(Cl)(Cl)Cl)c2cc(Cl)ccc2O1. The molecule has 0 aliphatic carbocycles. The zero-order valence-electron chi connectivity index (χ0n) is 15.5. The third kappa shape index (κ3) is 5.35. The summed E-state index contributed by atoms with van der Waals surface area (Å²) in [6, 6.07) is 14.4. The molecule has 0 atom stereocenters. The summed E-state index contributed by atoms with van der Waals surface area (Å²) in [5.41, 5.74) is 0.952. The van der Waals surface area contributed by atoms with Crippen molar-refractivity contribution >= 4 is 99.7 Å². The maximum atomic E-state index is 6.39. The van der Waals surface area contributed by atoms with Crippen molar-refractivity contribution in [3.05, 3.63) is 85.8 Å². The van der Waals surface area contributed by atoms with Gasteiger partial charge in [-0.3, -0.25) is 0 Å². The van der Waals surface area contributed by atoms with Gasteiger partial charge in [0, 0.05) is 38.0 Å². The second-order valence-electron chi connectivity index (χ2n) is 6.63. The van der Waals surface area contributed by atoms with Gasteiger partial charge in [-0.2, -0.15) is 0 Å². The van der Waals surface area contributed by atoms with Crippen molar-refractivity contribution in [2.24, 2.45) is 0 Å². The first-order valence-corrected chi connectivity index (χ1v) is 13.9. The number of rotatable bonds is 2. The zero-order valence-corrected chi connectivity index (χ0v) is 22.5. The van der Waals surface area contributed by atoms with Crippen molar-refractivity contribution < 1.29 is 13.6 Å². The lowest BCUT2D eigenvalue weighted by Crippen LogP contribution is -2.23. The van der Waals surface area contributed by atoms with E-state index in [1.54, 1.807) is 48.5 Å². The average Bonchev–Trinajstić information content (AvgIpc) is 2.66. The molecular weight excluding hydrogens is 599 g/mol. The molecular formula is C20H10Cl7O3PS. The summed E-state index contributed by atoms with van der Waals surface area (Å²) in [7, 11) is 0. The minimum absolute atomic E-state index is 0.239. The van der Waals surface area contributed by atoms with Crippen LogP contribution in [-0.4, -0.2) is 3.79 Å². The molecule has 168 valence electrons. The predicted octanol–water partition coefficient (Wildman–Crippen LogP) is 9.88. The van der Waals surface area contributed by atoms with Gasteiger partial charge in [-0.15, -0.1) is 0 Å². The Morgan fingerprint density at radius 1 is 0.750 bits per heavy atom. The Morgan fingerprint density at radius 2 is 1.22 bits per heavy atom. The van der Waals surface area contributed by atoms with Crippen molar-refractivity contribution in [2.75, 3.05) is 0 Å². The van der Waals surface area contributed by atoms with Crippen LogP contribution < -0.4 is 13.6 Å². The van der Waals surface area contributed by atoms with Crippen molar-refractivity contribution in [3.63, 3.8) is 0 Å². The van der Waals surface area contributed by atoms with Gasteiger partial charge in [0.05, 0.1) is 10.9 Å². The van der Waals surface area contributed by atoms with Gasteiger partial charge in [0.25, 0.3) is 0 Å². The minimum Gasteiger partial charge on any atom is -0.407 e. The molecule has 0 N–H and O–H groups in total. The highest BCUT2D eigenvalue weighted by Gasteiger charge is 2.43. The fourth-order valence-corrected chi connectivity index (χ4v) is 6.76. The van der Waals surface area contributed by atoms with E-state index in [-0.39, 0.29) is 22.3 Å². The molecule has 0 fully saturated rings. The van der Waals surface area contributed by atoms with Crippen LogP contribution in [0.15, 0.2) is 54.6 Å². The molecule has 1 aliphatic heterocycles. The first-order chi connectivity index (χ1) is 14.9. The molecule has 4 rings (SSSR count). The summed E-state index contributed by atoms with van der Waals surface area (Å²) in [4.78, 5) is 0. The molecule has 1 aliphatic rings. The van der Waals surface area contributed by atoms with Crippen molar-refractivity contribution in [2.45, 2.75) is 9.71 Å². The number of halogens is 7. The topological polar surface area (TPSA) is 27.7 Å². The number of benzene rings is 3. The quantitative estimate of drug-likeness (QED) is 0.214. The Labute approximate surface area is 224 Å². The number of hydrogen-bond donors (Lipinski definition) is 0. The highest BCUT2D eigenvalue weighted by molar-refractivity contribution is 8.08. The summed E-state index contributed by atoms with van der Waals surface area (Å²) in [6.07, 6.45) is 0. The molecule has 0 aromatic heterocycles. The number of hydrogen-bond acceptors (Lipinski definition) is 4. The van der Waals surface area contributed by atoms with Crippen LogP contribution in [-0.2, 0) is 11.8 Å². The highest BCUT2D eigenvalue weighted by atomic mass is 35.6. The van der Waals surface area contributed by atoms with Crippen LogP contribution in [0.2, 0.25) is 20.1 Å². The van der Waals surface area contributed by atoms with Crippen molar-refractivity contribution in [1.82, 2.24) is 0 Å². The predicted molar refractivity (Wildman–Crippen MR) is 138 cm³/mol. The summed E-state index contributed by atoms with van der Waals surface area (Å²) in [6.45, 7) is -3.53. The molecule has 3 aromatic rings. The molecule has 12 heteroatoms. The van der Waals surface area contributed by atoms with E-state index in [2.05, 4.69) is 0 Å². The van der Waals surface area contributed by atoms with Crippen LogP contribution in [0.1, 0.15) is 17.0 Å². The molecule has 3 aromatic carbocycles. The monoisotopic (exact) mass is 606 g/mol. The first kappa shape index (κ1) is 24.9. The lowest BCUT2D eigenvalue weighted by molar-refractivity contribution is 0.374. The largest absolute Gasteiger partial charge is 0.490 e. The summed E-state index contributed by atoms with van der Waals surface area (Å²) < 4.78 is 16.4. The second kappa shape index (κ2) is 9.41. The molecule has 32 heavy (non-hydrogen) atoms. The van der Waals surface area contributed by atoms with Gasteiger partial charge < -0.3 is 13.6 Å². The van der Waals surface area contributed by atoms with E-state index >= 15 is 0 Å². The van der Waals surface area contributed by atoms with E-state index in [1.807, 2.05) is 0 Å². The summed E-state index contributed by atoms with van der Waals surface area (Å²) >= 11 is 49.7. The van der Waals surface area contributed by atoms with Gasteiger partial charge in [0.1, 0.15) is 17.2 Å². The van der Waals surface area contributed by atoms with Crippen LogP contribution in [0.4, 0.5) is 0 Å².